The summed E-state index contributed by atoms with van der Waals surface area (Å²) in [5, 5.41) is 3.66. The fourth-order valence-corrected chi connectivity index (χ4v) is 5.27. The van der Waals surface area contributed by atoms with Gasteiger partial charge in [0.1, 0.15) is 16.9 Å². The normalized spacial score (nSPS) is 17.6. The summed E-state index contributed by atoms with van der Waals surface area (Å²) in [5.74, 6) is 0.700. The minimum atomic E-state index is -0.375. The van der Waals surface area contributed by atoms with Crippen LogP contribution in [0.4, 0.5) is 0 Å². The molecule has 0 bridgehead atoms. The van der Waals surface area contributed by atoms with Crippen molar-refractivity contribution in [3.05, 3.63) is 64.4 Å². The summed E-state index contributed by atoms with van der Waals surface area (Å²) < 4.78 is 12.4. The van der Waals surface area contributed by atoms with E-state index >= 15 is 0 Å². The molecule has 3 aromatic rings. The molecule has 166 valence electrons. The van der Waals surface area contributed by atoms with E-state index in [1.165, 1.54) is 12.8 Å². The van der Waals surface area contributed by atoms with Crippen molar-refractivity contribution in [3.8, 4) is 5.75 Å². The Labute approximate surface area is 188 Å². The molecule has 1 saturated carbocycles. The first-order valence-electron chi connectivity index (χ1n) is 11.6. The van der Waals surface area contributed by atoms with Crippen LogP contribution in [0.25, 0.3) is 11.0 Å². The van der Waals surface area contributed by atoms with E-state index in [2.05, 4.69) is 5.32 Å². The zero-order chi connectivity index (χ0) is 22.3. The summed E-state index contributed by atoms with van der Waals surface area (Å²) in [7, 11) is 0. The topological polar surface area (TPSA) is 68.5 Å². The van der Waals surface area contributed by atoms with Crippen molar-refractivity contribution in [1.82, 2.24) is 5.32 Å². The Morgan fingerprint density at radius 2 is 1.78 bits per heavy atom. The van der Waals surface area contributed by atoms with Crippen LogP contribution in [-0.2, 0) is 6.54 Å². The van der Waals surface area contributed by atoms with E-state index in [0.29, 0.717) is 40.8 Å². The number of ether oxygens (including phenoxy) is 1. The van der Waals surface area contributed by atoms with Crippen LogP contribution in [0.5, 0.6) is 5.75 Å². The van der Waals surface area contributed by atoms with Crippen LogP contribution in [0, 0.1) is 13.8 Å². The molecule has 1 fully saturated rings. The van der Waals surface area contributed by atoms with Gasteiger partial charge >= 0.3 is 0 Å². The lowest BCUT2D eigenvalue weighted by Crippen LogP contribution is -2.41. The fraction of sp³-hybridized carbons (Fsp3) is 0.407. The minimum absolute atomic E-state index is 0.0921. The van der Waals surface area contributed by atoms with Gasteiger partial charge in [-0.05, 0) is 62.8 Å². The molecular formula is C27H29NO4. The van der Waals surface area contributed by atoms with E-state index in [-0.39, 0.29) is 23.1 Å². The molecule has 32 heavy (non-hydrogen) atoms. The number of amides is 1. The number of ketones is 1. The molecule has 2 heterocycles. The van der Waals surface area contributed by atoms with Crippen molar-refractivity contribution in [2.24, 2.45) is 0 Å². The van der Waals surface area contributed by atoms with E-state index in [1.54, 1.807) is 0 Å². The highest BCUT2D eigenvalue weighted by Gasteiger charge is 2.42. The summed E-state index contributed by atoms with van der Waals surface area (Å²) in [6.07, 6.45) is 6.85. The number of rotatable bonds is 3. The first-order valence-corrected chi connectivity index (χ1v) is 11.6. The van der Waals surface area contributed by atoms with Crippen molar-refractivity contribution in [2.45, 2.75) is 70.9 Å². The standard InChI is InChI=1S/C27H29NO4/c1-17-9-5-6-10-19(17)16-28-26(30)25-18(2)23-21(31-25)11-12-22-24(23)20(29)15-27(32-22)13-7-3-4-8-14-27/h5-6,9-12H,3-4,7-8,13-16H2,1-2H3,(H,28,30). The number of Topliss-reactive ketones (excluding diaryl/α,β-unsaturated/α-hetero) is 1. The maximum Gasteiger partial charge on any atom is 0.287 e. The van der Waals surface area contributed by atoms with Gasteiger partial charge in [0, 0.05) is 17.5 Å². The maximum absolute atomic E-state index is 13.3. The van der Waals surface area contributed by atoms with Crippen molar-refractivity contribution in [2.75, 3.05) is 0 Å². The Hall–Kier alpha value is -3.08. The van der Waals surface area contributed by atoms with Gasteiger partial charge in [-0.15, -0.1) is 0 Å². The second kappa shape index (κ2) is 8.12. The van der Waals surface area contributed by atoms with Gasteiger partial charge in [0.2, 0.25) is 0 Å². The molecule has 0 radical (unpaired) electrons. The smallest absolute Gasteiger partial charge is 0.287 e. The average Bonchev–Trinajstić information content (AvgIpc) is 2.96. The van der Waals surface area contributed by atoms with Crippen LogP contribution in [0.1, 0.15) is 82.5 Å². The molecule has 5 heteroatoms. The third-order valence-corrected chi connectivity index (χ3v) is 7.07. The summed E-state index contributed by atoms with van der Waals surface area (Å²) in [6, 6.07) is 11.6. The second-order valence-corrected chi connectivity index (χ2v) is 9.28. The monoisotopic (exact) mass is 431 g/mol. The predicted octanol–water partition coefficient (Wildman–Crippen LogP) is 6.04. The molecule has 1 aromatic heterocycles. The van der Waals surface area contributed by atoms with Crippen LogP contribution in [0.2, 0.25) is 0 Å². The zero-order valence-corrected chi connectivity index (χ0v) is 18.8. The lowest BCUT2D eigenvalue weighted by molar-refractivity contribution is 0.0301. The third-order valence-electron chi connectivity index (χ3n) is 7.07. The van der Waals surface area contributed by atoms with Crippen LogP contribution < -0.4 is 10.1 Å². The van der Waals surface area contributed by atoms with E-state index in [1.807, 2.05) is 50.2 Å². The number of hydrogen-bond acceptors (Lipinski definition) is 4. The highest BCUT2D eigenvalue weighted by Crippen LogP contribution is 2.44. The number of carbonyl (C=O) groups excluding carboxylic acids is 2. The molecule has 1 spiro atoms. The number of nitrogens with one attached hydrogen (secondary N) is 1. The number of carbonyl (C=O) groups is 2. The molecule has 0 unspecified atom stereocenters. The number of furan rings is 1. The Morgan fingerprint density at radius 3 is 2.53 bits per heavy atom. The Bertz CT molecular complexity index is 1200. The molecule has 2 aliphatic rings. The number of hydrogen-bond donors (Lipinski definition) is 1. The quantitative estimate of drug-likeness (QED) is 0.549. The molecule has 5 nitrogen and oxygen atoms in total. The lowest BCUT2D eigenvalue weighted by atomic mass is 9.83. The van der Waals surface area contributed by atoms with E-state index < -0.39 is 0 Å². The average molecular weight is 432 g/mol. The Balaban J connectivity index is 1.46. The van der Waals surface area contributed by atoms with Crippen LogP contribution in [-0.4, -0.2) is 17.3 Å². The van der Waals surface area contributed by atoms with E-state index in [0.717, 1.165) is 36.8 Å². The summed E-state index contributed by atoms with van der Waals surface area (Å²) >= 11 is 0. The molecule has 0 saturated heterocycles. The van der Waals surface area contributed by atoms with Crippen molar-refractivity contribution in [3.63, 3.8) is 0 Å². The van der Waals surface area contributed by atoms with Gasteiger partial charge in [0.25, 0.3) is 5.91 Å². The van der Waals surface area contributed by atoms with Gasteiger partial charge < -0.3 is 14.5 Å². The summed E-state index contributed by atoms with van der Waals surface area (Å²) in [6.45, 7) is 4.29. The van der Waals surface area contributed by atoms with Crippen LogP contribution >= 0.6 is 0 Å². The van der Waals surface area contributed by atoms with Gasteiger partial charge in [-0.25, -0.2) is 0 Å². The minimum Gasteiger partial charge on any atom is -0.486 e. The molecule has 1 aliphatic carbocycles. The predicted molar refractivity (Wildman–Crippen MR) is 123 cm³/mol. The second-order valence-electron chi connectivity index (χ2n) is 9.28. The zero-order valence-electron chi connectivity index (χ0n) is 18.8. The summed E-state index contributed by atoms with van der Waals surface area (Å²) in [4.78, 5) is 26.3. The summed E-state index contributed by atoms with van der Waals surface area (Å²) in [5.41, 5.74) is 3.61. The first-order chi connectivity index (χ1) is 15.5. The number of fused-ring (bicyclic) bond motifs is 3. The van der Waals surface area contributed by atoms with Gasteiger partial charge in [0.15, 0.2) is 11.5 Å². The molecule has 1 N–H and O–H groups in total. The van der Waals surface area contributed by atoms with Crippen molar-refractivity contribution >= 4 is 22.7 Å². The van der Waals surface area contributed by atoms with Crippen LogP contribution in [0.3, 0.4) is 0 Å². The molecule has 0 atom stereocenters. The molecule has 5 rings (SSSR count). The lowest BCUT2D eigenvalue weighted by Gasteiger charge is -2.37. The maximum atomic E-state index is 13.3. The highest BCUT2D eigenvalue weighted by molar-refractivity contribution is 6.13. The molecule has 2 aromatic carbocycles. The van der Waals surface area contributed by atoms with Crippen LogP contribution in [0.15, 0.2) is 40.8 Å². The van der Waals surface area contributed by atoms with Crippen molar-refractivity contribution in [1.29, 1.82) is 0 Å². The highest BCUT2D eigenvalue weighted by atomic mass is 16.5. The molecule has 1 amide bonds. The van der Waals surface area contributed by atoms with Gasteiger partial charge in [0.05, 0.1) is 12.0 Å². The molecule has 1 aliphatic heterocycles. The Morgan fingerprint density at radius 1 is 1.03 bits per heavy atom. The van der Waals surface area contributed by atoms with Gasteiger partial charge in [-0.1, -0.05) is 37.1 Å². The number of benzene rings is 2. The number of aryl methyl sites for hydroxylation is 2. The first kappa shape index (κ1) is 20.8. The van der Waals surface area contributed by atoms with E-state index in [4.69, 9.17) is 9.15 Å². The van der Waals surface area contributed by atoms with E-state index in [9.17, 15) is 9.59 Å². The SMILES string of the molecule is Cc1ccccc1CNC(=O)c1oc2ccc3c(c2c1C)C(=O)CC1(CCCCCC1)O3. The largest absolute Gasteiger partial charge is 0.486 e. The van der Waals surface area contributed by atoms with Gasteiger partial charge in [-0.2, -0.15) is 0 Å². The fourth-order valence-electron chi connectivity index (χ4n) is 5.27. The molecular weight excluding hydrogens is 402 g/mol. The van der Waals surface area contributed by atoms with Gasteiger partial charge in [-0.3, -0.25) is 9.59 Å². The third kappa shape index (κ3) is 3.60. The Kier molecular flexibility index (Phi) is 5.28. The van der Waals surface area contributed by atoms with Crippen molar-refractivity contribution < 1.29 is 18.7 Å².